The minimum absolute atomic E-state index is 0.0424. The Morgan fingerprint density at radius 3 is 2.67 bits per heavy atom. The fraction of sp³-hybridized carbons (Fsp3) is 0.227. The Morgan fingerprint density at radius 1 is 1.23 bits per heavy atom. The van der Waals surface area contributed by atoms with Crippen molar-refractivity contribution in [3.05, 3.63) is 71.6 Å². The number of rotatable bonds is 8. The molecule has 156 valence electrons. The lowest BCUT2D eigenvalue weighted by Crippen LogP contribution is -2.31. The molecule has 0 bridgehead atoms. The number of aliphatic carboxylic acids is 1. The van der Waals surface area contributed by atoms with Gasteiger partial charge in [0.2, 0.25) is 0 Å². The van der Waals surface area contributed by atoms with Crippen molar-refractivity contribution < 1.29 is 28.2 Å². The van der Waals surface area contributed by atoms with Crippen LogP contribution in [-0.4, -0.2) is 29.1 Å². The monoisotopic (exact) mass is 412 g/mol. The maximum Gasteiger partial charge on any atom is 0.305 e. The maximum atomic E-state index is 14.2. The molecule has 0 saturated carbocycles. The number of carbonyl (C=O) groups excluding carboxylic acids is 1. The van der Waals surface area contributed by atoms with E-state index in [2.05, 4.69) is 10.3 Å². The quantitative estimate of drug-likeness (QED) is 0.580. The van der Waals surface area contributed by atoms with Crippen LogP contribution in [0.5, 0.6) is 5.75 Å². The third kappa shape index (κ3) is 4.48. The molecule has 2 N–H and O–H groups in total. The van der Waals surface area contributed by atoms with Gasteiger partial charge in [-0.1, -0.05) is 25.1 Å². The Bertz CT molecular complexity index is 1060. The minimum atomic E-state index is -1.17. The smallest absolute Gasteiger partial charge is 0.305 e. The molecule has 3 rings (SSSR count). The number of nitrogens with zero attached hydrogens (tertiary/aromatic N) is 1. The summed E-state index contributed by atoms with van der Waals surface area (Å²) in [5.41, 5.74) is 1.25. The van der Waals surface area contributed by atoms with Gasteiger partial charge in [0, 0.05) is 17.5 Å². The van der Waals surface area contributed by atoms with Gasteiger partial charge < -0.3 is 19.6 Å². The lowest BCUT2D eigenvalue weighted by atomic mass is 10.0. The van der Waals surface area contributed by atoms with Gasteiger partial charge in [-0.3, -0.25) is 9.59 Å². The van der Waals surface area contributed by atoms with Crippen LogP contribution in [0.15, 0.2) is 53.1 Å². The minimum Gasteiger partial charge on any atom is -0.494 e. The van der Waals surface area contributed by atoms with Crippen molar-refractivity contribution in [2.24, 2.45) is 0 Å². The van der Waals surface area contributed by atoms with Crippen LogP contribution in [0, 0.1) is 5.82 Å². The van der Waals surface area contributed by atoms with Gasteiger partial charge in [-0.15, -0.1) is 0 Å². The summed E-state index contributed by atoms with van der Waals surface area (Å²) in [6, 6.07) is 9.46. The molecule has 0 aliphatic rings. The Morgan fingerprint density at radius 2 is 2.00 bits per heavy atom. The van der Waals surface area contributed by atoms with E-state index in [4.69, 9.17) is 9.15 Å². The molecule has 0 spiro atoms. The van der Waals surface area contributed by atoms with Gasteiger partial charge in [0.1, 0.15) is 28.7 Å². The number of methoxy groups -OCH3 is 1. The molecule has 0 unspecified atom stereocenters. The summed E-state index contributed by atoms with van der Waals surface area (Å²) in [6.45, 7) is 1.93. The number of nitrogens with one attached hydrogen (secondary N) is 1. The van der Waals surface area contributed by atoms with Crippen molar-refractivity contribution in [3.8, 4) is 17.0 Å². The predicted molar refractivity (Wildman–Crippen MR) is 107 cm³/mol. The number of benzene rings is 1. The van der Waals surface area contributed by atoms with Crippen molar-refractivity contribution in [2.75, 3.05) is 7.11 Å². The van der Waals surface area contributed by atoms with E-state index in [-0.39, 0.29) is 11.3 Å². The molecular formula is C22H21FN2O5. The first kappa shape index (κ1) is 21.0. The van der Waals surface area contributed by atoms with E-state index in [1.807, 2.05) is 6.92 Å². The number of furan rings is 1. The highest BCUT2D eigenvalue weighted by Gasteiger charge is 2.23. The second kappa shape index (κ2) is 9.21. The summed E-state index contributed by atoms with van der Waals surface area (Å²) < 4.78 is 25.0. The highest BCUT2D eigenvalue weighted by Crippen LogP contribution is 2.32. The zero-order chi connectivity index (χ0) is 21.7. The molecule has 0 aliphatic heterocycles. The Hall–Kier alpha value is -3.68. The molecule has 30 heavy (non-hydrogen) atoms. The Balaban J connectivity index is 1.94. The number of aryl methyl sites for hydroxylation is 1. The summed E-state index contributed by atoms with van der Waals surface area (Å²) >= 11 is 0. The highest BCUT2D eigenvalue weighted by molar-refractivity contribution is 5.94. The van der Waals surface area contributed by atoms with E-state index in [1.165, 1.54) is 37.6 Å². The van der Waals surface area contributed by atoms with Crippen LogP contribution < -0.4 is 10.1 Å². The van der Waals surface area contributed by atoms with Crippen LogP contribution in [-0.2, 0) is 11.2 Å². The summed E-state index contributed by atoms with van der Waals surface area (Å²) in [4.78, 5) is 28.5. The van der Waals surface area contributed by atoms with Crippen molar-refractivity contribution in [1.82, 2.24) is 10.3 Å². The van der Waals surface area contributed by atoms with Crippen molar-refractivity contribution in [2.45, 2.75) is 25.8 Å². The van der Waals surface area contributed by atoms with Gasteiger partial charge in [0.25, 0.3) is 5.91 Å². The second-order valence-electron chi connectivity index (χ2n) is 6.50. The van der Waals surface area contributed by atoms with Crippen molar-refractivity contribution >= 4 is 11.9 Å². The number of carboxylic acids is 1. The summed E-state index contributed by atoms with van der Waals surface area (Å²) in [5.74, 6) is -1.25. The first-order valence-corrected chi connectivity index (χ1v) is 9.33. The van der Waals surface area contributed by atoms with E-state index in [0.29, 0.717) is 29.2 Å². The number of halogens is 1. The molecule has 3 aromatic rings. The lowest BCUT2D eigenvalue weighted by molar-refractivity contribution is -0.137. The third-order valence-electron chi connectivity index (χ3n) is 4.60. The standard InChI is InChI=1S/C22H21FN2O5/c1-3-18-14(10-11-30-18)21-19(29-2)9-8-16(24-21)22(28)25-17(12-20(26)27)13-6-4-5-7-15(13)23/h4-11,17H,3,12H2,1-2H3,(H,25,28)(H,26,27)/t17-/m0/s1. The van der Waals surface area contributed by atoms with Crippen LogP contribution in [0.2, 0.25) is 0 Å². The molecule has 2 aromatic heterocycles. The zero-order valence-electron chi connectivity index (χ0n) is 16.5. The Labute approximate surface area is 172 Å². The topological polar surface area (TPSA) is 102 Å². The van der Waals surface area contributed by atoms with Crippen molar-refractivity contribution in [1.29, 1.82) is 0 Å². The molecule has 0 aliphatic carbocycles. The van der Waals surface area contributed by atoms with Gasteiger partial charge in [0.15, 0.2) is 0 Å². The van der Waals surface area contributed by atoms with E-state index in [9.17, 15) is 19.1 Å². The zero-order valence-corrected chi connectivity index (χ0v) is 16.5. The van der Waals surface area contributed by atoms with E-state index < -0.39 is 30.2 Å². The maximum absolute atomic E-state index is 14.2. The van der Waals surface area contributed by atoms with Crippen molar-refractivity contribution in [3.63, 3.8) is 0 Å². The third-order valence-corrected chi connectivity index (χ3v) is 4.60. The average molecular weight is 412 g/mol. The number of pyridine rings is 1. The molecule has 1 aromatic carbocycles. The van der Waals surface area contributed by atoms with Crippen LogP contribution >= 0.6 is 0 Å². The number of hydrogen-bond acceptors (Lipinski definition) is 5. The first-order valence-electron chi connectivity index (χ1n) is 9.33. The van der Waals surface area contributed by atoms with E-state index in [1.54, 1.807) is 18.2 Å². The number of ether oxygens (including phenoxy) is 1. The second-order valence-corrected chi connectivity index (χ2v) is 6.50. The molecule has 8 heteroatoms. The predicted octanol–water partition coefficient (Wildman–Crippen LogP) is 4.00. The summed E-state index contributed by atoms with van der Waals surface area (Å²) in [6.07, 6.45) is 1.68. The molecule has 2 heterocycles. The van der Waals surface area contributed by atoms with E-state index in [0.717, 1.165) is 0 Å². The van der Waals surface area contributed by atoms with Crippen LogP contribution in [0.4, 0.5) is 4.39 Å². The fourth-order valence-electron chi connectivity index (χ4n) is 3.16. The van der Waals surface area contributed by atoms with Crippen LogP contribution in [0.1, 0.15) is 41.2 Å². The normalized spacial score (nSPS) is 11.7. The largest absolute Gasteiger partial charge is 0.494 e. The number of carbonyl (C=O) groups is 2. The van der Waals surface area contributed by atoms with Gasteiger partial charge >= 0.3 is 5.97 Å². The van der Waals surface area contributed by atoms with Crippen LogP contribution in [0.3, 0.4) is 0 Å². The number of aromatic nitrogens is 1. The lowest BCUT2D eigenvalue weighted by Gasteiger charge is -2.18. The Kier molecular flexibility index (Phi) is 6.46. The van der Waals surface area contributed by atoms with E-state index >= 15 is 0 Å². The fourth-order valence-corrected chi connectivity index (χ4v) is 3.16. The summed E-state index contributed by atoms with van der Waals surface area (Å²) in [5, 5.41) is 11.8. The highest BCUT2D eigenvalue weighted by atomic mass is 19.1. The molecule has 0 radical (unpaired) electrons. The number of amides is 1. The average Bonchev–Trinajstić information content (AvgIpc) is 3.21. The molecular weight excluding hydrogens is 391 g/mol. The van der Waals surface area contributed by atoms with Gasteiger partial charge in [-0.05, 0) is 24.3 Å². The first-order chi connectivity index (χ1) is 14.4. The molecule has 0 fully saturated rings. The number of hydrogen-bond donors (Lipinski definition) is 2. The molecule has 1 atom stereocenters. The van der Waals surface area contributed by atoms with Gasteiger partial charge in [-0.25, -0.2) is 9.37 Å². The van der Waals surface area contributed by atoms with Gasteiger partial charge in [-0.2, -0.15) is 0 Å². The number of carboxylic acid groups (broad SMARTS) is 1. The van der Waals surface area contributed by atoms with Gasteiger partial charge in [0.05, 0.1) is 25.8 Å². The molecule has 1 amide bonds. The molecule has 7 nitrogen and oxygen atoms in total. The SMILES string of the molecule is CCc1occc1-c1nc(C(=O)N[C@@H](CC(=O)O)c2ccccc2F)ccc1OC. The molecule has 0 saturated heterocycles. The van der Waals surface area contributed by atoms with Crippen LogP contribution in [0.25, 0.3) is 11.3 Å². The summed E-state index contributed by atoms with van der Waals surface area (Å²) in [7, 11) is 1.49.